The standard InChI is InChI=1S/C15H16F3NO7S/c1-24-13(20)12-7-11(26-27(22,23)15(16,17)18)8-19(12)14(21)25-9-10-5-3-2-4-6-10/h2-6,11-12H,7-9H2,1H3/t11-,12+/m1/s1. The van der Waals surface area contributed by atoms with Crippen molar-refractivity contribution >= 4 is 22.2 Å². The molecule has 0 aliphatic carbocycles. The molecule has 1 aliphatic heterocycles. The van der Waals surface area contributed by atoms with Gasteiger partial charge in [0.25, 0.3) is 0 Å². The van der Waals surface area contributed by atoms with Gasteiger partial charge in [0.15, 0.2) is 0 Å². The number of carbonyl (C=O) groups excluding carboxylic acids is 2. The highest BCUT2D eigenvalue weighted by Gasteiger charge is 2.51. The summed E-state index contributed by atoms with van der Waals surface area (Å²) in [6, 6.07) is 7.20. The average molecular weight is 411 g/mol. The van der Waals surface area contributed by atoms with Crippen molar-refractivity contribution in [2.24, 2.45) is 0 Å². The van der Waals surface area contributed by atoms with Crippen molar-refractivity contribution in [1.82, 2.24) is 4.90 Å². The fourth-order valence-electron chi connectivity index (χ4n) is 2.46. The van der Waals surface area contributed by atoms with Gasteiger partial charge in [-0.1, -0.05) is 30.3 Å². The zero-order valence-corrected chi connectivity index (χ0v) is 14.8. The van der Waals surface area contributed by atoms with Crippen molar-refractivity contribution in [2.75, 3.05) is 13.7 Å². The largest absolute Gasteiger partial charge is 0.523 e. The summed E-state index contributed by atoms with van der Waals surface area (Å²) in [5, 5.41) is 0. The van der Waals surface area contributed by atoms with Crippen molar-refractivity contribution in [3.8, 4) is 0 Å². The smallest absolute Gasteiger partial charge is 0.467 e. The molecule has 2 rings (SSSR count). The number of carbonyl (C=O) groups is 2. The van der Waals surface area contributed by atoms with Gasteiger partial charge in [-0.25, -0.2) is 9.59 Å². The van der Waals surface area contributed by atoms with Crippen LogP contribution in [0.5, 0.6) is 0 Å². The van der Waals surface area contributed by atoms with Crippen LogP contribution in [0.25, 0.3) is 0 Å². The van der Waals surface area contributed by atoms with Crippen LogP contribution in [-0.2, 0) is 35.2 Å². The Labute approximate surface area is 152 Å². The molecule has 2 atom stereocenters. The van der Waals surface area contributed by atoms with Gasteiger partial charge in [-0.3, -0.25) is 9.08 Å². The van der Waals surface area contributed by atoms with Crippen molar-refractivity contribution in [1.29, 1.82) is 0 Å². The normalized spacial score (nSPS) is 20.4. The second-order valence-electron chi connectivity index (χ2n) is 5.59. The number of nitrogens with zero attached hydrogens (tertiary/aromatic N) is 1. The SMILES string of the molecule is COC(=O)[C@@H]1C[C@@H](OS(=O)(=O)C(F)(F)F)CN1C(=O)OCc1ccccc1. The maximum atomic E-state index is 12.5. The zero-order valence-electron chi connectivity index (χ0n) is 14.0. The minimum Gasteiger partial charge on any atom is -0.467 e. The molecule has 27 heavy (non-hydrogen) atoms. The molecule has 0 saturated carbocycles. The molecule has 0 aromatic heterocycles. The highest BCUT2D eigenvalue weighted by atomic mass is 32.2. The Balaban J connectivity index is 2.08. The predicted molar refractivity (Wildman–Crippen MR) is 83.6 cm³/mol. The summed E-state index contributed by atoms with van der Waals surface area (Å²) < 4.78 is 73.3. The lowest BCUT2D eigenvalue weighted by molar-refractivity contribution is -0.145. The van der Waals surface area contributed by atoms with Crippen molar-refractivity contribution in [3.05, 3.63) is 35.9 Å². The third-order valence-corrected chi connectivity index (χ3v) is 4.81. The van der Waals surface area contributed by atoms with Gasteiger partial charge in [0.1, 0.15) is 12.6 Å². The van der Waals surface area contributed by atoms with E-state index in [1.807, 2.05) is 0 Å². The molecule has 1 amide bonds. The van der Waals surface area contributed by atoms with Crippen LogP contribution in [0, 0.1) is 0 Å². The van der Waals surface area contributed by atoms with Crippen molar-refractivity contribution < 1.29 is 44.8 Å². The molecule has 0 bridgehead atoms. The van der Waals surface area contributed by atoms with Crippen molar-refractivity contribution in [3.63, 3.8) is 0 Å². The third-order valence-electron chi connectivity index (χ3n) is 3.72. The summed E-state index contributed by atoms with van der Waals surface area (Å²) >= 11 is 0. The topological polar surface area (TPSA) is 99.2 Å². The number of likely N-dealkylation sites (tertiary alicyclic amines) is 1. The molecule has 1 aliphatic rings. The molecule has 0 N–H and O–H groups in total. The Morgan fingerprint density at radius 3 is 2.41 bits per heavy atom. The van der Waals surface area contributed by atoms with Gasteiger partial charge in [0.2, 0.25) is 0 Å². The first kappa shape index (κ1) is 21.0. The van der Waals surface area contributed by atoms with Gasteiger partial charge in [0, 0.05) is 6.42 Å². The van der Waals surface area contributed by atoms with Gasteiger partial charge >= 0.3 is 27.7 Å². The summed E-state index contributed by atoms with van der Waals surface area (Å²) in [6.45, 7) is -0.723. The second kappa shape index (κ2) is 8.13. The van der Waals surface area contributed by atoms with Crippen LogP contribution in [-0.4, -0.2) is 56.7 Å². The van der Waals surface area contributed by atoms with Gasteiger partial charge in [-0.2, -0.15) is 21.6 Å². The van der Waals surface area contributed by atoms with Crippen molar-refractivity contribution in [2.45, 2.75) is 30.7 Å². The van der Waals surface area contributed by atoms with Crippen LogP contribution in [0.2, 0.25) is 0 Å². The second-order valence-corrected chi connectivity index (χ2v) is 7.15. The molecule has 8 nitrogen and oxygen atoms in total. The molecule has 150 valence electrons. The summed E-state index contributed by atoms with van der Waals surface area (Å²) in [6.07, 6.45) is -3.06. The predicted octanol–water partition coefficient (Wildman–Crippen LogP) is 1.81. The van der Waals surface area contributed by atoms with Crippen LogP contribution in [0.3, 0.4) is 0 Å². The number of hydrogen-bond acceptors (Lipinski definition) is 7. The number of rotatable bonds is 5. The minimum absolute atomic E-state index is 0.142. The Morgan fingerprint density at radius 1 is 1.22 bits per heavy atom. The molecule has 12 heteroatoms. The van der Waals surface area contributed by atoms with E-state index >= 15 is 0 Å². The van der Waals surface area contributed by atoms with E-state index in [0.717, 1.165) is 12.0 Å². The van der Waals surface area contributed by atoms with E-state index in [1.165, 1.54) is 0 Å². The fraction of sp³-hybridized carbons (Fsp3) is 0.467. The van der Waals surface area contributed by atoms with Crippen LogP contribution < -0.4 is 0 Å². The highest BCUT2D eigenvalue weighted by molar-refractivity contribution is 7.87. The molecule has 0 unspecified atom stereocenters. The van der Waals surface area contributed by atoms with E-state index in [9.17, 15) is 31.2 Å². The van der Waals surface area contributed by atoms with E-state index in [1.54, 1.807) is 30.3 Å². The van der Waals surface area contributed by atoms with E-state index in [4.69, 9.17) is 4.74 Å². The Hall–Kier alpha value is -2.34. The molecule has 0 radical (unpaired) electrons. The lowest BCUT2D eigenvalue weighted by Gasteiger charge is -2.21. The van der Waals surface area contributed by atoms with Gasteiger partial charge < -0.3 is 9.47 Å². The first-order valence-corrected chi connectivity index (χ1v) is 9.00. The first-order valence-electron chi connectivity index (χ1n) is 7.60. The van der Waals surface area contributed by atoms with Crippen LogP contribution in [0.1, 0.15) is 12.0 Å². The molecule has 1 aromatic carbocycles. The summed E-state index contributed by atoms with van der Waals surface area (Å²) in [5.41, 5.74) is -4.97. The maximum Gasteiger partial charge on any atom is 0.523 e. The number of esters is 1. The Morgan fingerprint density at radius 2 is 1.85 bits per heavy atom. The van der Waals surface area contributed by atoms with Crippen LogP contribution >= 0.6 is 0 Å². The fourth-order valence-corrected chi connectivity index (χ4v) is 3.07. The lowest BCUT2D eigenvalue weighted by atomic mass is 10.2. The molecular weight excluding hydrogens is 395 g/mol. The molecule has 1 aromatic rings. The Kier molecular flexibility index (Phi) is 6.31. The zero-order chi connectivity index (χ0) is 20.2. The average Bonchev–Trinajstić information content (AvgIpc) is 3.02. The first-order chi connectivity index (χ1) is 12.5. The van der Waals surface area contributed by atoms with Gasteiger partial charge in [-0.15, -0.1) is 0 Å². The van der Waals surface area contributed by atoms with E-state index in [0.29, 0.717) is 5.56 Å². The molecule has 1 fully saturated rings. The van der Waals surface area contributed by atoms with E-state index < -0.39 is 52.8 Å². The molecule has 1 heterocycles. The molecule has 1 saturated heterocycles. The van der Waals surface area contributed by atoms with Crippen LogP contribution in [0.15, 0.2) is 30.3 Å². The maximum absolute atomic E-state index is 12.5. The number of alkyl halides is 3. The number of benzene rings is 1. The van der Waals surface area contributed by atoms with E-state index in [-0.39, 0.29) is 6.61 Å². The lowest BCUT2D eigenvalue weighted by Crippen LogP contribution is -2.41. The van der Waals surface area contributed by atoms with E-state index in [2.05, 4.69) is 8.92 Å². The summed E-state index contributed by atoms with van der Waals surface area (Å²) in [7, 11) is -4.85. The minimum atomic E-state index is -5.87. The van der Waals surface area contributed by atoms with Gasteiger partial charge in [0.05, 0.1) is 19.8 Å². The number of amides is 1. The monoisotopic (exact) mass is 411 g/mol. The quantitative estimate of drug-likeness (QED) is 0.414. The number of hydrogen-bond donors (Lipinski definition) is 0. The number of halogens is 3. The highest BCUT2D eigenvalue weighted by Crippen LogP contribution is 2.30. The number of methoxy groups -OCH3 is 1. The molecular formula is C15H16F3NO7S. The third kappa shape index (κ3) is 5.10. The van der Waals surface area contributed by atoms with Crippen LogP contribution in [0.4, 0.5) is 18.0 Å². The Bertz CT molecular complexity index is 782. The molecule has 0 spiro atoms. The van der Waals surface area contributed by atoms with Gasteiger partial charge in [-0.05, 0) is 5.56 Å². The summed E-state index contributed by atoms with van der Waals surface area (Å²) in [5.74, 6) is -0.929. The number of ether oxygens (including phenoxy) is 2. The summed E-state index contributed by atoms with van der Waals surface area (Å²) in [4.78, 5) is 24.8.